The second-order valence-corrected chi connectivity index (χ2v) is 6.45. The Morgan fingerprint density at radius 3 is 2.54 bits per heavy atom. The number of carbonyl (C=O) groups is 1. The summed E-state index contributed by atoms with van der Waals surface area (Å²) in [5.74, 6) is -1.20. The zero-order valence-electron chi connectivity index (χ0n) is 13.2. The maximum atomic E-state index is 12.9. The highest BCUT2D eigenvalue weighted by atomic mass is 35.5. The van der Waals surface area contributed by atoms with Gasteiger partial charge < -0.3 is 5.11 Å². The quantitative estimate of drug-likeness (QED) is 0.636. The molecule has 0 unspecified atom stereocenters. The Labute approximate surface area is 155 Å². The van der Waals surface area contributed by atoms with Gasteiger partial charge in [-0.05, 0) is 37.3 Å². The summed E-state index contributed by atoms with van der Waals surface area (Å²) in [5.41, 5.74) is 0.323. The monoisotopic (exact) mass is 402 g/mol. The van der Waals surface area contributed by atoms with Crippen molar-refractivity contribution in [3.05, 3.63) is 62.8 Å². The fourth-order valence-electron chi connectivity index (χ4n) is 2.69. The SMILES string of the molecule is Cc1nn(Cc2c(Cl)ccc(C(=O)O)c2Cl)c2ccc(C(F)(F)F)cc12. The summed E-state index contributed by atoms with van der Waals surface area (Å²) >= 11 is 12.3. The van der Waals surface area contributed by atoms with Gasteiger partial charge in [0.1, 0.15) is 0 Å². The van der Waals surface area contributed by atoms with E-state index >= 15 is 0 Å². The Morgan fingerprint density at radius 1 is 1.23 bits per heavy atom. The van der Waals surface area contributed by atoms with E-state index < -0.39 is 17.7 Å². The summed E-state index contributed by atoms with van der Waals surface area (Å²) < 4.78 is 40.2. The molecule has 9 heteroatoms. The third-order valence-electron chi connectivity index (χ3n) is 3.99. The average molecular weight is 403 g/mol. The van der Waals surface area contributed by atoms with Crippen molar-refractivity contribution in [1.29, 1.82) is 0 Å². The van der Waals surface area contributed by atoms with Gasteiger partial charge >= 0.3 is 12.1 Å². The predicted molar refractivity (Wildman–Crippen MR) is 92.0 cm³/mol. The molecule has 2 aromatic carbocycles. The number of carboxylic acid groups (broad SMARTS) is 1. The summed E-state index contributed by atoms with van der Waals surface area (Å²) in [5, 5.41) is 14.0. The predicted octanol–water partition coefficient (Wildman–Crippen LogP) is 5.42. The number of fused-ring (bicyclic) bond motifs is 1. The molecule has 0 spiro atoms. The number of nitrogens with zero attached hydrogens (tertiary/aromatic N) is 2. The molecule has 4 nitrogen and oxygen atoms in total. The topological polar surface area (TPSA) is 55.1 Å². The normalized spacial score (nSPS) is 11.9. The molecule has 1 heterocycles. The number of rotatable bonds is 3. The average Bonchev–Trinajstić information content (AvgIpc) is 2.86. The summed E-state index contributed by atoms with van der Waals surface area (Å²) in [7, 11) is 0. The number of aromatic nitrogens is 2. The number of benzene rings is 2. The van der Waals surface area contributed by atoms with Gasteiger partial charge in [-0.15, -0.1) is 0 Å². The fourth-order valence-corrected chi connectivity index (χ4v) is 3.27. The molecule has 3 rings (SSSR count). The first-order valence-electron chi connectivity index (χ1n) is 7.34. The Hall–Kier alpha value is -2.25. The molecule has 0 amide bonds. The van der Waals surface area contributed by atoms with Crippen LogP contribution in [0.15, 0.2) is 30.3 Å². The van der Waals surface area contributed by atoms with E-state index in [1.54, 1.807) is 6.92 Å². The summed E-state index contributed by atoms with van der Waals surface area (Å²) in [6.07, 6.45) is -4.45. The van der Waals surface area contributed by atoms with Crippen LogP contribution in [0.4, 0.5) is 13.2 Å². The van der Waals surface area contributed by atoms with Gasteiger partial charge in [-0.25, -0.2) is 4.79 Å². The van der Waals surface area contributed by atoms with Crippen LogP contribution in [0.25, 0.3) is 10.9 Å². The second kappa shape index (κ2) is 6.48. The molecular weight excluding hydrogens is 392 g/mol. The van der Waals surface area contributed by atoms with Crippen LogP contribution < -0.4 is 0 Å². The van der Waals surface area contributed by atoms with E-state index in [0.717, 1.165) is 12.1 Å². The van der Waals surface area contributed by atoms with E-state index in [1.165, 1.54) is 22.9 Å². The van der Waals surface area contributed by atoms with Gasteiger partial charge in [0.2, 0.25) is 0 Å². The minimum absolute atomic E-state index is 0.0223. The Bertz CT molecular complexity index is 1030. The minimum atomic E-state index is -4.45. The van der Waals surface area contributed by atoms with Crippen molar-refractivity contribution in [2.24, 2.45) is 0 Å². The third-order valence-corrected chi connectivity index (χ3v) is 4.77. The molecule has 0 aliphatic carbocycles. The summed E-state index contributed by atoms with van der Waals surface area (Å²) in [4.78, 5) is 11.2. The molecule has 0 aliphatic heterocycles. The van der Waals surface area contributed by atoms with Gasteiger partial charge in [-0.3, -0.25) is 4.68 Å². The Kier molecular flexibility index (Phi) is 4.62. The van der Waals surface area contributed by atoms with Crippen LogP contribution in [0.2, 0.25) is 10.0 Å². The summed E-state index contributed by atoms with van der Waals surface area (Å²) in [6.45, 7) is 1.62. The van der Waals surface area contributed by atoms with Crippen LogP contribution in [0.1, 0.15) is 27.2 Å². The number of hydrogen-bond acceptors (Lipinski definition) is 2. The highest BCUT2D eigenvalue weighted by molar-refractivity contribution is 6.37. The molecular formula is C17H11Cl2F3N2O2. The number of aromatic carboxylic acids is 1. The molecule has 0 atom stereocenters. The van der Waals surface area contributed by atoms with E-state index in [9.17, 15) is 23.1 Å². The molecule has 136 valence electrons. The van der Waals surface area contributed by atoms with E-state index in [4.69, 9.17) is 23.2 Å². The molecule has 3 aromatic rings. The second-order valence-electron chi connectivity index (χ2n) is 5.67. The number of aryl methyl sites for hydroxylation is 1. The lowest BCUT2D eigenvalue weighted by molar-refractivity contribution is -0.137. The van der Waals surface area contributed by atoms with Crippen LogP contribution in [0.5, 0.6) is 0 Å². The zero-order valence-corrected chi connectivity index (χ0v) is 14.7. The molecule has 1 N–H and O–H groups in total. The van der Waals surface area contributed by atoms with Crippen LogP contribution >= 0.6 is 23.2 Å². The highest BCUT2D eigenvalue weighted by Gasteiger charge is 2.31. The lowest BCUT2D eigenvalue weighted by Gasteiger charge is -2.11. The van der Waals surface area contributed by atoms with Crippen molar-refractivity contribution in [3.8, 4) is 0 Å². The zero-order chi connectivity index (χ0) is 19.2. The number of alkyl halides is 3. The van der Waals surface area contributed by atoms with Crippen molar-refractivity contribution in [2.45, 2.75) is 19.6 Å². The first kappa shape index (κ1) is 18.5. The Morgan fingerprint density at radius 2 is 1.92 bits per heavy atom. The van der Waals surface area contributed by atoms with Gasteiger partial charge in [-0.2, -0.15) is 18.3 Å². The van der Waals surface area contributed by atoms with Gasteiger partial charge in [0.25, 0.3) is 0 Å². The van der Waals surface area contributed by atoms with Crippen molar-refractivity contribution < 1.29 is 23.1 Å². The first-order valence-corrected chi connectivity index (χ1v) is 8.09. The molecule has 0 saturated heterocycles. The molecule has 1 aromatic heterocycles. The van der Waals surface area contributed by atoms with Crippen molar-refractivity contribution in [2.75, 3.05) is 0 Å². The molecule has 0 aliphatic rings. The minimum Gasteiger partial charge on any atom is -0.478 e. The largest absolute Gasteiger partial charge is 0.478 e. The fraction of sp³-hybridized carbons (Fsp3) is 0.176. The van der Waals surface area contributed by atoms with Crippen LogP contribution in [0, 0.1) is 6.92 Å². The lowest BCUT2D eigenvalue weighted by atomic mass is 10.1. The van der Waals surface area contributed by atoms with Crippen LogP contribution in [-0.4, -0.2) is 20.9 Å². The van der Waals surface area contributed by atoms with Crippen molar-refractivity contribution in [3.63, 3.8) is 0 Å². The van der Waals surface area contributed by atoms with Gasteiger partial charge in [0, 0.05) is 16.0 Å². The third kappa shape index (κ3) is 3.24. The van der Waals surface area contributed by atoms with Crippen LogP contribution in [0.3, 0.4) is 0 Å². The molecule has 0 saturated carbocycles. The smallest absolute Gasteiger partial charge is 0.416 e. The van der Waals surface area contributed by atoms with Gasteiger partial charge in [-0.1, -0.05) is 23.2 Å². The van der Waals surface area contributed by atoms with E-state index in [-0.39, 0.29) is 22.2 Å². The van der Waals surface area contributed by atoms with Gasteiger partial charge in [0.05, 0.1) is 33.9 Å². The lowest BCUT2D eigenvalue weighted by Crippen LogP contribution is -2.07. The Balaban J connectivity index is 2.11. The van der Waals surface area contributed by atoms with Gasteiger partial charge in [0.15, 0.2) is 0 Å². The first-order chi connectivity index (χ1) is 12.1. The number of halogens is 5. The van der Waals surface area contributed by atoms with Crippen molar-refractivity contribution >= 4 is 40.1 Å². The highest BCUT2D eigenvalue weighted by Crippen LogP contribution is 2.34. The molecule has 26 heavy (non-hydrogen) atoms. The standard InChI is InChI=1S/C17H11Cl2F3N2O2/c1-8-11-6-9(17(20,21)22)2-5-14(11)24(23-8)7-12-13(18)4-3-10(15(12)19)16(25)26/h2-6H,7H2,1H3,(H,25,26). The van der Waals surface area contributed by atoms with E-state index in [2.05, 4.69) is 5.10 Å². The number of hydrogen-bond donors (Lipinski definition) is 1. The molecule has 0 radical (unpaired) electrons. The number of carboxylic acids is 1. The van der Waals surface area contributed by atoms with Crippen molar-refractivity contribution in [1.82, 2.24) is 9.78 Å². The van der Waals surface area contributed by atoms with E-state index in [1.807, 2.05) is 0 Å². The maximum absolute atomic E-state index is 12.9. The van der Waals surface area contributed by atoms with E-state index in [0.29, 0.717) is 22.2 Å². The summed E-state index contributed by atoms with van der Waals surface area (Å²) in [6, 6.07) is 6.02. The van der Waals surface area contributed by atoms with Crippen LogP contribution in [-0.2, 0) is 12.7 Å². The molecule has 0 fully saturated rings. The maximum Gasteiger partial charge on any atom is 0.416 e. The molecule has 0 bridgehead atoms.